The van der Waals surface area contributed by atoms with Gasteiger partial charge in [-0.1, -0.05) is 39.3 Å². The van der Waals surface area contributed by atoms with Crippen molar-refractivity contribution in [3.63, 3.8) is 0 Å². The largest absolute Gasteiger partial charge is 0.392 e. The summed E-state index contributed by atoms with van der Waals surface area (Å²) in [7, 11) is 1.90. The quantitative estimate of drug-likeness (QED) is 0.323. The van der Waals surface area contributed by atoms with Crippen molar-refractivity contribution >= 4 is 28.9 Å². The SMILES string of the molecule is CC.CCC/C=C(/N=C(Nc1ccnc(NC(C)=O)c1)c1c(CO)ccn1C)c1ccccn1. The Morgan fingerprint density at radius 2 is 1.94 bits per heavy atom. The molecule has 180 valence electrons. The van der Waals surface area contributed by atoms with Gasteiger partial charge in [0.2, 0.25) is 5.91 Å². The van der Waals surface area contributed by atoms with E-state index in [-0.39, 0.29) is 12.5 Å². The summed E-state index contributed by atoms with van der Waals surface area (Å²) in [6.45, 7) is 7.42. The average molecular weight is 463 g/mol. The molecule has 3 aromatic rings. The summed E-state index contributed by atoms with van der Waals surface area (Å²) in [4.78, 5) is 25.0. The Morgan fingerprint density at radius 1 is 1.15 bits per heavy atom. The third kappa shape index (κ3) is 7.38. The summed E-state index contributed by atoms with van der Waals surface area (Å²) in [6.07, 6.45) is 9.11. The molecule has 0 atom stereocenters. The third-order valence-corrected chi connectivity index (χ3v) is 4.66. The highest BCUT2D eigenvalue weighted by Crippen LogP contribution is 2.21. The fourth-order valence-electron chi connectivity index (χ4n) is 3.19. The van der Waals surface area contributed by atoms with Gasteiger partial charge in [0, 0.05) is 49.9 Å². The zero-order chi connectivity index (χ0) is 24.9. The standard InChI is InChI=1S/C24H28N6O2.C2H6/c1-4-5-8-21(20-9-6-7-12-25-20)29-24(23-18(16-31)11-14-30(23)3)28-19-10-13-26-22(15-19)27-17(2)32;1-2/h6-15,31H,4-5,16H2,1-3H3,(H2,26,27,28,29,32);1-2H3/b21-8+;. The van der Waals surface area contributed by atoms with E-state index in [1.54, 1.807) is 24.5 Å². The molecule has 3 rings (SSSR count). The molecule has 0 radical (unpaired) electrons. The van der Waals surface area contributed by atoms with Crippen molar-refractivity contribution in [1.29, 1.82) is 0 Å². The molecule has 3 heterocycles. The minimum Gasteiger partial charge on any atom is -0.392 e. The number of rotatable bonds is 8. The summed E-state index contributed by atoms with van der Waals surface area (Å²) in [6, 6.07) is 11.1. The number of hydrogen-bond donors (Lipinski definition) is 3. The number of nitrogens with one attached hydrogen (secondary N) is 2. The Hall–Kier alpha value is -3.78. The van der Waals surface area contributed by atoms with Gasteiger partial charge in [-0.3, -0.25) is 9.78 Å². The molecular formula is C26H34N6O2. The molecule has 0 aliphatic carbocycles. The van der Waals surface area contributed by atoms with Crippen molar-refractivity contribution in [3.05, 3.63) is 78.0 Å². The number of aromatic nitrogens is 3. The van der Waals surface area contributed by atoms with Gasteiger partial charge >= 0.3 is 0 Å². The normalized spacial score (nSPS) is 11.5. The van der Waals surface area contributed by atoms with Crippen LogP contribution >= 0.6 is 0 Å². The maximum absolute atomic E-state index is 11.4. The number of anilines is 2. The van der Waals surface area contributed by atoms with Crippen LogP contribution in [0.2, 0.25) is 0 Å². The van der Waals surface area contributed by atoms with Gasteiger partial charge in [0.15, 0.2) is 5.84 Å². The molecule has 8 heteroatoms. The van der Waals surface area contributed by atoms with Gasteiger partial charge in [0.1, 0.15) is 5.82 Å². The van der Waals surface area contributed by atoms with Crippen LogP contribution in [0.3, 0.4) is 0 Å². The average Bonchev–Trinajstić information content (AvgIpc) is 3.23. The number of pyridine rings is 2. The van der Waals surface area contributed by atoms with Crippen LogP contribution in [0.15, 0.2) is 66.1 Å². The minimum atomic E-state index is -0.200. The number of carbonyl (C=O) groups excluding carboxylic acids is 1. The Kier molecular flexibility index (Phi) is 10.7. The molecule has 0 bridgehead atoms. The number of allylic oxidation sites excluding steroid dienone is 1. The molecule has 0 saturated heterocycles. The van der Waals surface area contributed by atoms with Gasteiger partial charge in [-0.05, 0) is 30.7 Å². The number of amidine groups is 1. The maximum atomic E-state index is 11.4. The number of aryl methyl sites for hydroxylation is 1. The number of carbonyl (C=O) groups is 1. The Morgan fingerprint density at radius 3 is 2.59 bits per heavy atom. The van der Waals surface area contributed by atoms with Crippen molar-refractivity contribution in [1.82, 2.24) is 14.5 Å². The zero-order valence-electron chi connectivity index (χ0n) is 20.5. The second-order valence-corrected chi connectivity index (χ2v) is 7.25. The first-order valence-corrected chi connectivity index (χ1v) is 11.5. The Labute approximate surface area is 201 Å². The molecule has 8 nitrogen and oxygen atoms in total. The second-order valence-electron chi connectivity index (χ2n) is 7.25. The number of aliphatic hydroxyl groups is 1. The number of aliphatic hydroxyl groups excluding tert-OH is 1. The molecule has 34 heavy (non-hydrogen) atoms. The van der Waals surface area contributed by atoms with Crippen LogP contribution in [-0.4, -0.2) is 31.4 Å². The number of hydrogen-bond acceptors (Lipinski definition) is 5. The third-order valence-electron chi connectivity index (χ3n) is 4.66. The molecular weight excluding hydrogens is 428 g/mol. The number of aliphatic imine (C=N–C) groups is 1. The van der Waals surface area contributed by atoms with E-state index in [1.165, 1.54) is 6.92 Å². The molecule has 0 saturated carbocycles. The monoisotopic (exact) mass is 462 g/mol. The van der Waals surface area contributed by atoms with E-state index in [1.807, 2.05) is 55.9 Å². The maximum Gasteiger partial charge on any atom is 0.222 e. The van der Waals surface area contributed by atoms with E-state index in [0.29, 0.717) is 17.3 Å². The lowest BCUT2D eigenvalue weighted by Crippen LogP contribution is -2.19. The summed E-state index contributed by atoms with van der Waals surface area (Å²) in [5.74, 6) is 0.783. The molecule has 3 N–H and O–H groups in total. The minimum absolute atomic E-state index is 0.123. The highest BCUT2D eigenvalue weighted by molar-refractivity contribution is 6.10. The predicted octanol–water partition coefficient (Wildman–Crippen LogP) is 4.99. The highest BCUT2D eigenvalue weighted by Gasteiger charge is 2.16. The first-order valence-electron chi connectivity index (χ1n) is 11.5. The molecule has 0 aliphatic heterocycles. The molecule has 0 spiro atoms. The number of amides is 1. The van der Waals surface area contributed by atoms with Gasteiger partial charge in [-0.15, -0.1) is 0 Å². The van der Waals surface area contributed by atoms with Gasteiger partial charge in [-0.2, -0.15) is 0 Å². The van der Waals surface area contributed by atoms with Gasteiger partial charge in [0.25, 0.3) is 0 Å². The molecule has 3 aromatic heterocycles. The summed E-state index contributed by atoms with van der Waals surface area (Å²) in [5.41, 5.74) is 3.68. The highest BCUT2D eigenvalue weighted by atomic mass is 16.3. The number of unbranched alkanes of at least 4 members (excludes halogenated alkanes) is 1. The summed E-state index contributed by atoms with van der Waals surface area (Å²) in [5, 5.41) is 15.9. The van der Waals surface area contributed by atoms with Gasteiger partial charge in [-0.25, -0.2) is 9.98 Å². The van der Waals surface area contributed by atoms with E-state index in [4.69, 9.17) is 4.99 Å². The van der Waals surface area contributed by atoms with Crippen LogP contribution < -0.4 is 10.6 Å². The van der Waals surface area contributed by atoms with Crippen molar-refractivity contribution in [2.75, 3.05) is 10.6 Å². The van der Waals surface area contributed by atoms with Crippen molar-refractivity contribution < 1.29 is 9.90 Å². The fourth-order valence-corrected chi connectivity index (χ4v) is 3.19. The van der Waals surface area contributed by atoms with E-state index >= 15 is 0 Å². The topological polar surface area (TPSA) is 104 Å². The van der Waals surface area contributed by atoms with Crippen molar-refractivity contribution in [2.24, 2.45) is 12.0 Å². The predicted molar refractivity (Wildman–Crippen MR) is 139 cm³/mol. The lowest BCUT2D eigenvalue weighted by molar-refractivity contribution is -0.114. The van der Waals surface area contributed by atoms with E-state index in [2.05, 4.69) is 33.6 Å². The van der Waals surface area contributed by atoms with Crippen LogP contribution in [0, 0.1) is 0 Å². The summed E-state index contributed by atoms with van der Waals surface area (Å²) < 4.78 is 1.91. The number of nitrogens with zero attached hydrogens (tertiary/aromatic N) is 4. The van der Waals surface area contributed by atoms with Crippen LogP contribution in [0.4, 0.5) is 11.5 Å². The first-order chi connectivity index (χ1) is 16.5. The van der Waals surface area contributed by atoms with E-state index in [9.17, 15) is 9.90 Å². The molecule has 0 fully saturated rings. The summed E-state index contributed by atoms with van der Waals surface area (Å²) >= 11 is 0. The van der Waals surface area contributed by atoms with Crippen LogP contribution in [0.1, 0.15) is 57.5 Å². The smallest absolute Gasteiger partial charge is 0.222 e. The first kappa shape index (κ1) is 26.5. The fraction of sp³-hybridized carbons (Fsp3) is 0.308. The molecule has 0 aromatic carbocycles. The van der Waals surface area contributed by atoms with E-state index in [0.717, 1.165) is 35.5 Å². The van der Waals surface area contributed by atoms with Crippen molar-refractivity contribution in [2.45, 2.75) is 47.1 Å². The Balaban J connectivity index is 0.00000199. The molecule has 1 amide bonds. The van der Waals surface area contributed by atoms with Crippen molar-refractivity contribution in [3.8, 4) is 0 Å². The lowest BCUT2D eigenvalue weighted by Gasteiger charge is -2.15. The second kappa shape index (κ2) is 13.7. The van der Waals surface area contributed by atoms with Gasteiger partial charge in [0.05, 0.1) is 23.7 Å². The van der Waals surface area contributed by atoms with Gasteiger partial charge < -0.3 is 20.3 Å². The molecule has 0 aliphatic rings. The zero-order valence-corrected chi connectivity index (χ0v) is 20.5. The van der Waals surface area contributed by atoms with Crippen LogP contribution in [0.25, 0.3) is 5.70 Å². The van der Waals surface area contributed by atoms with Crippen LogP contribution in [-0.2, 0) is 18.4 Å². The molecule has 0 unspecified atom stereocenters. The lowest BCUT2D eigenvalue weighted by atomic mass is 10.2. The van der Waals surface area contributed by atoms with E-state index < -0.39 is 0 Å². The Bertz CT molecular complexity index is 1120. The van der Waals surface area contributed by atoms with Crippen LogP contribution in [0.5, 0.6) is 0 Å².